The van der Waals surface area contributed by atoms with E-state index < -0.39 is 29.0 Å². The van der Waals surface area contributed by atoms with Crippen LogP contribution in [0.5, 0.6) is 5.75 Å². The fourth-order valence-corrected chi connectivity index (χ4v) is 1.58. The van der Waals surface area contributed by atoms with E-state index in [4.69, 9.17) is 4.74 Å². The highest BCUT2D eigenvalue weighted by atomic mass is 19.3. The average molecular weight is 287 g/mol. The molecule has 1 aliphatic rings. The van der Waals surface area contributed by atoms with Gasteiger partial charge in [0.05, 0.1) is 10.3 Å². The Hall–Kier alpha value is -2.25. The standard InChI is InChI=1S/C12H11F2NO5/c1-11(6-12(11,13)14)7-19-10(16)20-9-4-2-8(3-5-9)15(17)18/h2-5H,6-7H2,1H3. The minimum Gasteiger partial charge on any atom is -0.433 e. The number of carbonyl (C=O) groups is 1. The fourth-order valence-electron chi connectivity index (χ4n) is 1.58. The number of nitro benzene ring substituents is 1. The normalized spacial score (nSPS) is 22.9. The van der Waals surface area contributed by atoms with Crippen LogP contribution < -0.4 is 4.74 Å². The minimum absolute atomic E-state index is 0.0355. The molecule has 1 aromatic rings. The first kappa shape index (κ1) is 14.2. The van der Waals surface area contributed by atoms with Gasteiger partial charge in [0.2, 0.25) is 0 Å². The van der Waals surface area contributed by atoms with Gasteiger partial charge in [0.15, 0.2) is 0 Å². The third-order valence-corrected chi connectivity index (χ3v) is 3.13. The summed E-state index contributed by atoms with van der Waals surface area (Å²) in [5.41, 5.74) is -1.49. The fraction of sp³-hybridized carbons (Fsp3) is 0.417. The van der Waals surface area contributed by atoms with Gasteiger partial charge in [0, 0.05) is 18.6 Å². The zero-order valence-corrected chi connectivity index (χ0v) is 10.5. The van der Waals surface area contributed by atoms with Crippen molar-refractivity contribution in [2.45, 2.75) is 19.3 Å². The van der Waals surface area contributed by atoms with Crippen LogP contribution in [0, 0.1) is 15.5 Å². The van der Waals surface area contributed by atoms with Gasteiger partial charge in [-0.3, -0.25) is 10.1 Å². The monoisotopic (exact) mass is 287 g/mol. The number of halogens is 2. The molecule has 1 saturated carbocycles. The van der Waals surface area contributed by atoms with E-state index in [0.717, 1.165) is 12.1 Å². The van der Waals surface area contributed by atoms with Gasteiger partial charge in [-0.1, -0.05) is 6.92 Å². The Kier molecular flexibility index (Phi) is 3.33. The molecule has 6 nitrogen and oxygen atoms in total. The number of nitrogens with zero attached hydrogens (tertiary/aromatic N) is 1. The van der Waals surface area contributed by atoms with Crippen molar-refractivity contribution in [3.05, 3.63) is 34.4 Å². The van der Waals surface area contributed by atoms with E-state index in [2.05, 4.69) is 4.74 Å². The first-order chi connectivity index (χ1) is 9.23. The second-order valence-corrected chi connectivity index (χ2v) is 4.83. The van der Waals surface area contributed by atoms with Gasteiger partial charge in [-0.15, -0.1) is 0 Å². The van der Waals surface area contributed by atoms with Gasteiger partial charge in [-0.25, -0.2) is 13.6 Å². The molecule has 1 aliphatic carbocycles. The number of nitro groups is 1. The van der Waals surface area contributed by atoms with Gasteiger partial charge in [-0.2, -0.15) is 0 Å². The molecule has 0 bridgehead atoms. The number of hydrogen-bond donors (Lipinski definition) is 0. The van der Waals surface area contributed by atoms with Gasteiger partial charge < -0.3 is 9.47 Å². The van der Waals surface area contributed by atoms with Gasteiger partial charge >= 0.3 is 6.16 Å². The maximum absolute atomic E-state index is 12.9. The summed E-state index contributed by atoms with van der Waals surface area (Å²) in [5.74, 6) is -2.78. The van der Waals surface area contributed by atoms with Crippen LogP contribution in [0.1, 0.15) is 13.3 Å². The highest BCUT2D eigenvalue weighted by molar-refractivity contribution is 5.64. The molecule has 8 heteroatoms. The summed E-state index contributed by atoms with van der Waals surface area (Å²) in [6.45, 7) is 0.873. The molecule has 2 rings (SSSR count). The van der Waals surface area contributed by atoms with Crippen molar-refractivity contribution in [1.82, 2.24) is 0 Å². The molecule has 1 atom stereocenters. The lowest BCUT2D eigenvalue weighted by molar-refractivity contribution is -0.384. The summed E-state index contributed by atoms with van der Waals surface area (Å²) in [6, 6.07) is 4.73. The highest BCUT2D eigenvalue weighted by Crippen LogP contribution is 2.60. The molecule has 108 valence electrons. The quantitative estimate of drug-likeness (QED) is 0.368. The number of benzene rings is 1. The van der Waals surface area contributed by atoms with E-state index >= 15 is 0 Å². The maximum atomic E-state index is 12.9. The Morgan fingerprint density at radius 1 is 1.40 bits per heavy atom. The van der Waals surface area contributed by atoms with E-state index in [1.165, 1.54) is 19.1 Å². The molecule has 0 spiro atoms. The number of alkyl halides is 2. The zero-order chi connectivity index (χ0) is 15.0. The van der Waals surface area contributed by atoms with Crippen LogP contribution in [0.2, 0.25) is 0 Å². The molecule has 0 aliphatic heterocycles. The number of ether oxygens (including phenoxy) is 2. The molecule has 1 aromatic carbocycles. The number of carbonyl (C=O) groups excluding carboxylic acids is 1. The predicted molar refractivity (Wildman–Crippen MR) is 62.7 cm³/mol. The molecule has 0 saturated heterocycles. The van der Waals surface area contributed by atoms with Gasteiger partial charge in [0.25, 0.3) is 11.6 Å². The predicted octanol–water partition coefficient (Wildman–Crippen LogP) is 3.16. The largest absolute Gasteiger partial charge is 0.513 e. The molecule has 1 fully saturated rings. The Bertz CT molecular complexity index is 545. The van der Waals surface area contributed by atoms with Gasteiger partial charge in [0.1, 0.15) is 12.4 Å². The first-order valence-corrected chi connectivity index (χ1v) is 5.70. The Morgan fingerprint density at radius 3 is 2.40 bits per heavy atom. The molecule has 0 N–H and O–H groups in total. The Labute approximate surface area is 112 Å². The molecule has 0 aromatic heterocycles. The zero-order valence-electron chi connectivity index (χ0n) is 10.5. The molecular weight excluding hydrogens is 276 g/mol. The lowest BCUT2D eigenvalue weighted by Crippen LogP contribution is -2.20. The van der Waals surface area contributed by atoms with Crippen molar-refractivity contribution in [2.24, 2.45) is 5.41 Å². The SMILES string of the molecule is CC1(COC(=O)Oc2ccc([N+](=O)[O-])cc2)CC1(F)F. The van der Waals surface area contributed by atoms with Crippen LogP contribution in [0.15, 0.2) is 24.3 Å². The smallest absolute Gasteiger partial charge is 0.433 e. The lowest BCUT2D eigenvalue weighted by Gasteiger charge is -2.10. The average Bonchev–Trinajstić information content (AvgIpc) is 2.87. The van der Waals surface area contributed by atoms with Crippen LogP contribution in [0.3, 0.4) is 0 Å². The van der Waals surface area contributed by atoms with E-state index in [1.807, 2.05) is 0 Å². The summed E-state index contributed by atoms with van der Waals surface area (Å²) in [5, 5.41) is 10.4. The van der Waals surface area contributed by atoms with Crippen molar-refractivity contribution in [3.63, 3.8) is 0 Å². The number of non-ortho nitro benzene ring substituents is 1. The minimum atomic E-state index is -2.82. The van der Waals surface area contributed by atoms with Crippen LogP contribution in [0.4, 0.5) is 19.3 Å². The molecule has 0 heterocycles. The maximum Gasteiger partial charge on any atom is 0.513 e. The van der Waals surface area contributed by atoms with Crippen molar-refractivity contribution in [3.8, 4) is 5.75 Å². The number of rotatable bonds is 4. The topological polar surface area (TPSA) is 78.7 Å². The van der Waals surface area contributed by atoms with Crippen molar-refractivity contribution in [2.75, 3.05) is 6.61 Å². The second-order valence-electron chi connectivity index (χ2n) is 4.83. The molecular formula is C12H11F2NO5. The first-order valence-electron chi connectivity index (χ1n) is 5.70. The molecule has 20 heavy (non-hydrogen) atoms. The van der Waals surface area contributed by atoms with E-state index in [-0.39, 0.29) is 17.9 Å². The molecule has 1 unspecified atom stereocenters. The van der Waals surface area contributed by atoms with Gasteiger partial charge in [-0.05, 0) is 12.1 Å². The summed E-state index contributed by atoms with van der Waals surface area (Å²) in [6.07, 6.45) is -1.45. The second kappa shape index (κ2) is 4.69. The summed E-state index contributed by atoms with van der Waals surface area (Å²) in [4.78, 5) is 21.1. The van der Waals surface area contributed by atoms with Crippen molar-refractivity contribution >= 4 is 11.8 Å². The Balaban J connectivity index is 1.84. The van der Waals surface area contributed by atoms with Crippen LogP contribution >= 0.6 is 0 Å². The van der Waals surface area contributed by atoms with E-state index in [9.17, 15) is 23.7 Å². The van der Waals surface area contributed by atoms with Crippen molar-refractivity contribution < 1.29 is 28.0 Å². The summed E-state index contributed by atoms with van der Waals surface area (Å²) in [7, 11) is 0. The van der Waals surface area contributed by atoms with Crippen LogP contribution in [0.25, 0.3) is 0 Å². The van der Waals surface area contributed by atoms with Crippen molar-refractivity contribution in [1.29, 1.82) is 0 Å². The number of hydrogen-bond acceptors (Lipinski definition) is 5. The van der Waals surface area contributed by atoms with E-state index in [0.29, 0.717) is 0 Å². The molecule has 0 amide bonds. The van der Waals surface area contributed by atoms with Crippen LogP contribution in [-0.4, -0.2) is 23.6 Å². The Morgan fingerprint density at radius 2 is 1.95 bits per heavy atom. The van der Waals surface area contributed by atoms with Crippen LogP contribution in [-0.2, 0) is 4.74 Å². The molecule has 0 radical (unpaired) electrons. The van der Waals surface area contributed by atoms with E-state index in [1.54, 1.807) is 0 Å². The lowest BCUT2D eigenvalue weighted by atomic mass is 10.1. The third-order valence-electron chi connectivity index (χ3n) is 3.13. The summed E-state index contributed by atoms with van der Waals surface area (Å²) < 4.78 is 35.1. The summed E-state index contributed by atoms with van der Waals surface area (Å²) >= 11 is 0. The third kappa shape index (κ3) is 2.84. The highest BCUT2D eigenvalue weighted by Gasteiger charge is 2.68.